The van der Waals surface area contributed by atoms with E-state index in [0.717, 1.165) is 42.6 Å². The Labute approximate surface area is 192 Å². The van der Waals surface area contributed by atoms with Gasteiger partial charge in [0.1, 0.15) is 11.8 Å². The van der Waals surface area contributed by atoms with Crippen molar-refractivity contribution in [1.82, 2.24) is 10.2 Å². The van der Waals surface area contributed by atoms with Crippen LogP contribution in [-0.4, -0.2) is 35.9 Å². The number of nitrogens with one attached hydrogen (secondary N) is 1. The molecule has 0 bridgehead atoms. The molecule has 2 aromatic rings. The van der Waals surface area contributed by atoms with Crippen molar-refractivity contribution in [1.29, 1.82) is 0 Å². The van der Waals surface area contributed by atoms with Gasteiger partial charge in [-0.05, 0) is 67.5 Å². The molecule has 1 fully saturated rings. The molecular weight excluding hydrogens is 400 g/mol. The number of ether oxygens (including phenoxy) is 1. The first kappa shape index (κ1) is 23.8. The van der Waals surface area contributed by atoms with Gasteiger partial charge in [-0.3, -0.25) is 9.59 Å². The van der Waals surface area contributed by atoms with Crippen LogP contribution in [0.3, 0.4) is 0 Å². The topological polar surface area (TPSA) is 58.6 Å². The van der Waals surface area contributed by atoms with Gasteiger partial charge in [0.2, 0.25) is 11.8 Å². The van der Waals surface area contributed by atoms with Gasteiger partial charge in [0.15, 0.2) is 0 Å². The Bertz CT molecular complexity index is 917. The first-order valence-electron chi connectivity index (χ1n) is 11.7. The third-order valence-corrected chi connectivity index (χ3v) is 6.53. The van der Waals surface area contributed by atoms with Crippen molar-refractivity contribution in [3.8, 4) is 5.75 Å². The number of rotatable bonds is 9. The van der Waals surface area contributed by atoms with E-state index < -0.39 is 6.04 Å². The van der Waals surface area contributed by atoms with E-state index in [9.17, 15) is 9.59 Å². The molecule has 5 heteroatoms. The van der Waals surface area contributed by atoms with Gasteiger partial charge in [-0.25, -0.2) is 0 Å². The van der Waals surface area contributed by atoms with Crippen molar-refractivity contribution in [3.63, 3.8) is 0 Å². The highest BCUT2D eigenvalue weighted by Crippen LogP contribution is 2.21. The number of nitrogens with zero attached hydrogens (tertiary/aromatic N) is 1. The highest BCUT2D eigenvalue weighted by Gasteiger charge is 2.30. The number of hydrogen-bond acceptors (Lipinski definition) is 3. The average molecular weight is 437 g/mol. The zero-order valence-electron chi connectivity index (χ0n) is 19.8. The summed E-state index contributed by atoms with van der Waals surface area (Å²) in [6.07, 6.45) is 5.22. The summed E-state index contributed by atoms with van der Waals surface area (Å²) >= 11 is 0. The minimum Gasteiger partial charge on any atom is -0.497 e. The molecule has 1 N–H and O–H groups in total. The van der Waals surface area contributed by atoms with Gasteiger partial charge < -0.3 is 15.0 Å². The predicted octanol–water partition coefficient (Wildman–Crippen LogP) is 4.72. The quantitative estimate of drug-likeness (QED) is 0.619. The predicted molar refractivity (Wildman–Crippen MR) is 128 cm³/mol. The van der Waals surface area contributed by atoms with Crippen molar-refractivity contribution in [2.75, 3.05) is 7.11 Å². The zero-order valence-corrected chi connectivity index (χ0v) is 19.8. The van der Waals surface area contributed by atoms with Gasteiger partial charge in [-0.15, -0.1) is 0 Å². The van der Waals surface area contributed by atoms with Gasteiger partial charge >= 0.3 is 0 Å². The van der Waals surface area contributed by atoms with Crippen LogP contribution in [0.2, 0.25) is 0 Å². The lowest BCUT2D eigenvalue weighted by Crippen LogP contribution is -2.51. The number of hydrogen-bond donors (Lipinski definition) is 1. The molecule has 0 radical (unpaired) electrons. The molecule has 1 atom stereocenters. The molecule has 5 nitrogen and oxygen atoms in total. The molecule has 0 saturated heterocycles. The van der Waals surface area contributed by atoms with E-state index in [1.807, 2.05) is 37.3 Å². The first-order chi connectivity index (χ1) is 15.4. The summed E-state index contributed by atoms with van der Waals surface area (Å²) in [5.41, 5.74) is 4.33. The normalized spacial score (nSPS) is 14.8. The molecule has 0 aliphatic heterocycles. The highest BCUT2D eigenvalue weighted by atomic mass is 16.5. The van der Waals surface area contributed by atoms with Crippen LogP contribution >= 0.6 is 0 Å². The minimum absolute atomic E-state index is 0.0301. The standard InChI is InChI=1S/C27H36N2O3/c1-5-25(27(31)28-23-8-6-7-9-23)29(18-21-12-14-24(32-4)15-13-21)26(30)17-22-11-10-19(2)20(3)16-22/h10-16,23,25H,5-9,17-18H2,1-4H3,(H,28,31)/t25-/m0/s1. The van der Waals surface area contributed by atoms with Crippen LogP contribution in [0.4, 0.5) is 0 Å². The van der Waals surface area contributed by atoms with Gasteiger partial charge in [0.25, 0.3) is 0 Å². The van der Waals surface area contributed by atoms with E-state index in [2.05, 4.69) is 31.3 Å². The Balaban J connectivity index is 1.82. The maximum Gasteiger partial charge on any atom is 0.243 e. The molecule has 0 unspecified atom stereocenters. The van der Waals surface area contributed by atoms with Crippen molar-refractivity contribution >= 4 is 11.8 Å². The summed E-state index contributed by atoms with van der Waals surface area (Å²) in [7, 11) is 1.63. The lowest BCUT2D eigenvalue weighted by Gasteiger charge is -2.31. The highest BCUT2D eigenvalue weighted by molar-refractivity contribution is 5.88. The van der Waals surface area contributed by atoms with E-state index in [4.69, 9.17) is 4.74 Å². The number of carbonyl (C=O) groups excluding carboxylic acids is 2. The molecule has 0 spiro atoms. The van der Waals surface area contributed by atoms with E-state index in [0.29, 0.717) is 13.0 Å². The van der Waals surface area contributed by atoms with Crippen LogP contribution in [0, 0.1) is 13.8 Å². The molecule has 2 aromatic carbocycles. The minimum atomic E-state index is -0.489. The summed E-state index contributed by atoms with van der Waals surface area (Å²) < 4.78 is 5.26. The van der Waals surface area contributed by atoms with Crippen LogP contribution < -0.4 is 10.1 Å². The molecular formula is C27H36N2O3. The second-order valence-corrected chi connectivity index (χ2v) is 8.88. The maximum absolute atomic E-state index is 13.5. The van der Waals surface area contributed by atoms with Crippen molar-refractivity contribution < 1.29 is 14.3 Å². The molecule has 172 valence electrons. The number of methoxy groups -OCH3 is 1. The lowest BCUT2D eigenvalue weighted by atomic mass is 10.0. The Morgan fingerprint density at radius 3 is 2.28 bits per heavy atom. The second-order valence-electron chi connectivity index (χ2n) is 8.88. The molecule has 1 aliphatic carbocycles. The Morgan fingerprint density at radius 2 is 1.69 bits per heavy atom. The van der Waals surface area contributed by atoms with Crippen molar-refractivity contribution in [3.05, 3.63) is 64.7 Å². The van der Waals surface area contributed by atoms with E-state index in [1.165, 1.54) is 11.1 Å². The van der Waals surface area contributed by atoms with Crippen molar-refractivity contribution in [2.24, 2.45) is 0 Å². The summed E-state index contributed by atoms with van der Waals surface area (Å²) in [5.74, 6) is 0.701. The number of aryl methyl sites for hydroxylation is 2. The first-order valence-corrected chi connectivity index (χ1v) is 11.7. The molecule has 0 heterocycles. The van der Waals surface area contributed by atoms with Crippen molar-refractivity contribution in [2.45, 2.75) is 77.9 Å². The number of benzene rings is 2. The average Bonchev–Trinajstić information content (AvgIpc) is 3.29. The fourth-order valence-electron chi connectivity index (χ4n) is 4.40. The monoisotopic (exact) mass is 436 g/mol. The SMILES string of the molecule is CC[C@@H](C(=O)NC1CCCC1)N(Cc1ccc(OC)cc1)C(=O)Cc1ccc(C)c(C)c1. The molecule has 1 saturated carbocycles. The number of carbonyl (C=O) groups is 2. The summed E-state index contributed by atoms with van der Waals surface area (Å²) in [4.78, 5) is 28.4. The summed E-state index contributed by atoms with van der Waals surface area (Å²) in [5, 5.41) is 3.20. The largest absolute Gasteiger partial charge is 0.497 e. The van der Waals surface area contributed by atoms with Gasteiger partial charge in [-0.2, -0.15) is 0 Å². The van der Waals surface area contributed by atoms with Crippen LogP contribution in [-0.2, 0) is 22.6 Å². The molecule has 3 rings (SSSR count). The molecule has 0 aromatic heterocycles. The van der Waals surface area contributed by atoms with Crippen LogP contribution in [0.5, 0.6) is 5.75 Å². The van der Waals surface area contributed by atoms with E-state index in [-0.39, 0.29) is 24.3 Å². The summed E-state index contributed by atoms with van der Waals surface area (Å²) in [6, 6.07) is 13.6. The smallest absolute Gasteiger partial charge is 0.243 e. The second kappa shape index (κ2) is 11.2. The third kappa shape index (κ3) is 6.12. The Morgan fingerprint density at radius 1 is 1.03 bits per heavy atom. The fraction of sp³-hybridized carbons (Fsp3) is 0.481. The van der Waals surface area contributed by atoms with Crippen LogP contribution in [0.1, 0.15) is 61.3 Å². The Hall–Kier alpha value is -2.82. The molecule has 32 heavy (non-hydrogen) atoms. The van der Waals surface area contributed by atoms with E-state index >= 15 is 0 Å². The lowest BCUT2D eigenvalue weighted by molar-refractivity contribution is -0.141. The van der Waals surface area contributed by atoms with Crippen LogP contribution in [0.15, 0.2) is 42.5 Å². The molecule has 1 aliphatic rings. The van der Waals surface area contributed by atoms with Gasteiger partial charge in [0, 0.05) is 12.6 Å². The Kier molecular flexibility index (Phi) is 8.32. The third-order valence-electron chi connectivity index (χ3n) is 6.53. The molecule has 2 amide bonds. The van der Waals surface area contributed by atoms with Crippen LogP contribution in [0.25, 0.3) is 0 Å². The fourth-order valence-corrected chi connectivity index (χ4v) is 4.40. The van der Waals surface area contributed by atoms with Gasteiger partial charge in [-0.1, -0.05) is 50.1 Å². The zero-order chi connectivity index (χ0) is 23.1. The van der Waals surface area contributed by atoms with Gasteiger partial charge in [0.05, 0.1) is 13.5 Å². The van der Waals surface area contributed by atoms with E-state index in [1.54, 1.807) is 12.0 Å². The maximum atomic E-state index is 13.5. The number of amides is 2. The summed E-state index contributed by atoms with van der Waals surface area (Å²) in [6.45, 7) is 6.49.